The number of carbonyl (C=O) groups excluding carboxylic acids is 1. The van der Waals surface area contributed by atoms with Crippen molar-refractivity contribution in [2.75, 3.05) is 77.0 Å². The summed E-state index contributed by atoms with van der Waals surface area (Å²) in [4.78, 5) is 21.7. The molecule has 2 fully saturated rings. The van der Waals surface area contributed by atoms with Crippen LogP contribution in [0.2, 0.25) is 0 Å². The molecule has 1 amide bonds. The van der Waals surface area contributed by atoms with E-state index in [0.717, 1.165) is 70.3 Å². The van der Waals surface area contributed by atoms with Crippen LogP contribution in [-0.4, -0.2) is 97.8 Å². The molecule has 0 bridgehead atoms. The van der Waals surface area contributed by atoms with Crippen molar-refractivity contribution in [2.45, 2.75) is 0 Å². The average molecular weight is 425 g/mol. The Hall–Kier alpha value is -2.77. The van der Waals surface area contributed by atoms with Gasteiger partial charge >= 0.3 is 0 Å². The molecule has 0 unspecified atom stereocenters. The molecular formula is C24H32N4O3. The van der Waals surface area contributed by atoms with Gasteiger partial charge in [-0.2, -0.15) is 0 Å². The van der Waals surface area contributed by atoms with E-state index in [1.54, 1.807) is 12.1 Å². The molecule has 1 N–H and O–H groups in total. The highest BCUT2D eigenvalue weighted by Crippen LogP contribution is 2.20. The molecule has 7 heteroatoms. The van der Waals surface area contributed by atoms with E-state index in [4.69, 9.17) is 4.74 Å². The number of anilines is 1. The van der Waals surface area contributed by atoms with E-state index in [1.165, 1.54) is 0 Å². The van der Waals surface area contributed by atoms with Crippen LogP contribution >= 0.6 is 0 Å². The molecule has 31 heavy (non-hydrogen) atoms. The molecule has 166 valence electrons. The largest absolute Gasteiger partial charge is 0.508 e. The molecule has 2 aliphatic heterocycles. The van der Waals surface area contributed by atoms with Gasteiger partial charge in [0.05, 0.1) is 6.54 Å². The highest BCUT2D eigenvalue weighted by molar-refractivity contribution is 5.78. The summed E-state index contributed by atoms with van der Waals surface area (Å²) in [5.41, 5.74) is 1.09. The lowest BCUT2D eigenvalue weighted by Crippen LogP contribution is -2.54. The monoisotopic (exact) mass is 424 g/mol. The minimum Gasteiger partial charge on any atom is -0.508 e. The number of phenolic OH excluding ortho intramolecular Hbond substituents is 1. The molecule has 4 rings (SSSR count). The second kappa shape index (κ2) is 10.5. The average Bonchev–Trinajstić information content (AvgIpc) is 2.81. The number of hydrogen-bond acceptors (Lipinski definition) is 6. The maximum Gasteiger partial charge on any atom is 0.236 e. The number of amides is 1. The molecule has 0 spiro atoms. The quantitative estimate of drug-likeness (QED) is 0.731. The number of phenols is 1. The Kier molecular flexibility index (Phi) is 7.27. The van der Waals surface area contributed by atoms with Crippen molar-refractivity contribution in [1.82, 2.24) is 14.7 Å². The topological polar surface area (TPSA) is 59.5 Å². The van der Waals surface area contributed by atoms with Gasteiger partial charge in [0.15, 0.2) is 0 Å². The third kappa shape index (κ3) is 6.12. The summed E-state index contributed by atoms with van der Waals surface area (Å²) in [7, 11) is 0. The van der Waals surface area contributed by atoms with Crippen molar-refractivity contribution in [2.24, 2.45) is 0 Å². The number of piperazine rings is 2. The zero-order chi connectivity index (χ0) is 21.5. The van der Waals surface area contributed by atoms with E-state index in [2.05, 4.69) is 14.7 Å². The lowest BCUT2D eigenvalue weighted by molar-refractivity contribution is -0.133. The van der Waals surface area contributed by atoms with Gasteiger partial charge in [0.25, 0.3) is 0 Å². The molecule has 0 saturated carbocycles. The van der Waals surface area contributed by atoms with Crippen LogP contribution in [-0.2, 0) is 4.79 Å². The first-order chi connectivity index (χ1) is 15.2. The molecule has 0 radical (unpaired) electrons. The van der Waals surface area contributed by atoms with Crippen LogP contribution < -0.4 is 9.64 Å². The molecule has 0 aliphatic carbocycles. The van der Waals surface area contributed by atoms with Gasteiger partial charge in [-0.3, -0.25) is 14.6 Å². The van der Waals surface area contributed by atoms with Crippen molar-refractivity contribution in [1.29, 1.82) is 0 Å². The molecule has 2 aromatic carbocycles. The summed E-state index contributed by atoms with van der Waals surface area (Å²) in [6.07, 6.45) is 0. The summed E-state index contributed by atoms with van der Waals surface area (Å²) in [6.45, 7) is 9.04. The van der Waals surface area contributed by atoms with Crippen LogP contribution in [0, 0.1) is 0 Å². The second-order valence-electron chi connectivity index (χ2n) is 8.16. The van der Waals surface area contributed by atoms with Crippen molar-refractivity contribution in [3.8, 4) is 11.5 Å². The maximum absolute atomic E-state index is 12.8. The van der Waals surface area contributed by atoms with Crippen molar-refractivity contribution in [3.05, 3.63) is 54.6 Å². The number of rotatable bonds is 7. The van der Waals surface area contributed by atoms with Gasteiger partial charge in [-0.25, -0.2) is 0 Å². The summed E-state index contributed by atoms with van der Waals surface area (Å²) in [5, 5.41) is 9.45. The minimum absolute atomic E-state index is 0.228. The van der Waals surface area contributed by atoms with Gasteiger partial charge in [0, 0.05) is 64.6 Å². The van der Waals surface area contributed by atoms with Crippen LogP contribution in [0.1, 0.15) is 0 Å². The van der Waals surface area contributed by atoms with E-state index in [9.17, 15) is 9.90 Å². The lowest BCUT2D eigenvalue weighted by atomic mass is 10.2. The fraction of sp³-hybridized carbons (Fsp3) is 0.458. The highest BCUT2D eigenvalue weighted by atomic mass is 16.5. The molecule has 2 aromatic rings. The molecule has 0 atom stereocenters. The Balaban J connectivity index is 1.13. The van der Waals surface area contributed by atoms with Gasteiger partial charge in [0.2, 0.25) is 5.91 Å². The van der Waals surface area contributed by atoms with Crippen molar-refractivity contribution >= 4 is 11.6 Å². The van der Waals surface area contributed by atoms with Gasteiger partial charge in [-0.1, -0.05) is 18.2 Å². The van der Waals surface area contributed by atoms with E-state index >= 15 is 0 Å². The van der Waals surface area contributed by atoms with Gasteiger partial charge in [-0.15, -0.1) is 0 Å². The van der Waals surface area contributed by atoms with E-state index in [1.807, 2.05) is 47.4 Å². The second-order valence-corrected chi connectivity index (χ2v) is 8.16. The fourth-order valence-corrected chi connectivity index (χ4v) is 4.15. The van der Waals surface area contributed by atoms with Gasteiger partial charge in [0.1, 0.15) is 18.1 Å². The lowest BCUT2D eigenvalue weighted by Gasteiger charge is -2.38. The predicted molar refractivity (Wildman–Crippen MR) is 122 cm³/mol. The standard InChI is InChI=1S/C24H32N4O3/c29-22-8-6-21(7-9-22)27-14-16-28(17-15-27)24(30)20-26-12-10-25(11-13-26)18-19-31-23-4-2-1-3-5-23/h1-9,29H,10-20H2. The summed E-state index contributed by atoms with van der Waals surface area (Å²) < 4.78 is 5.79. The Morgan fingerprint density at radius 1 is 0.806 bits per heavy atom. The van der Waals surface area contributed by atoms with Crippen LogP contribution in [0.4, 0.5) is 5.69 Å². The third-order valence-corrected chi connectivity index (χ3v) is 6.09. The predicted octanol–water partition coefficient (Wildman–Crippen LogP) is 1.74. The zero-order valence-corrected chi connectivity index (χ0v) is 18.0. The fourth-order valence-electron chi connectivity index (χ4n) is 4.15. The number of ether oxygens (including phenoxy) is 1. The maximum atomic E-state index is 12.8. The summed E-state index contributed by atoms with van der Waals surface area (Å²) in [6, 6.07) is 17.2. The van der Waals surface area contributed by atoms with Crippen LogP contribution in [0.25, 0.3) is 0 Å². The first-order valence-corrected chi connectivity index (χ1v) is 11.1. The molecule has 7 nitrogen and oxygen atoms in total. The zero-order valence-electron chi connectivity index (χ0n) is 18.0. The van der Waals surface area contributed by atoms with Gasteiger partial charge < -0.3 is 19.6 Å². The first kappa shape index (κ1) is 21.5. The van der Waals surface area contributed by atoms with E-state index in [-0.39, 0.29) is 11.7 Å². The number of benzene rings is 2. The molecule has 0 aromatic heterocycles. The summed E-state index contributed by atoms with van der Waals surface area (Å²) in [5.74, 6) is 1.42. The van der Waals surface area contributed by atoms with Crippen LogP contribution in [0.3, 0.4) is 0 Å². The number of aromatic hydroxyl groups is 1. The van der Waals surface area contributed by atoms with Crippen LogP contribution in [0.5, 0.6) is 11.5 Å². The van der Waals surface area contributed by atoms with Crippen molar-refractivity contribution < 1.29 is 14.6 Å². The number of para-hydroxylation sites is 1. The molecular weight excluding hydrogens is 392 g/mol. The highest BCUT2D eigenvalue weighted by Gasteiger charge is 2.24. The number of nitrogens with zero attached hydrogens (tertiary/aromatic N) is 4. The van der Waals surface area contributed by atoms with E-state index in [0.29, 0.717) is 13.2 Å². The van der Waals surface area contributed by atoms with Crippen molar-refractivity contribution in [3.63, 3.8) is 0 Å². The summed E-state index contributed by atoms with van der Waals surface area (Å²) >= 11 is 0. The Bertz CT molecular complexity index is 814. The Morgan fingerprint density at radius 2 is 1.45 bits per heavy atom. The van der Waals surface area contributed by atoms with E-state index < -0.39 is 0 Å². The van der Waals surface area contributed by atoms with Crippen LogP contribution in [0.15, 0.2) is 54.6 Å². The normalized spacial score (nSPS) is 18.2. The Labute approximate surface area is 184 Å². The van der Waals surface area contributed by atoms with Gasteiger partial charge in [-0.05, 0) is 36.4 Å². The number of carbonyl (C=O) groups is 1. The molecule has 2 aliphatic rings. The first-order valence-electron chi connectivity index (χ1n) is 11.1. The molecule has 2 heterocycles. The SMILES string of the molecule is O=C(CN1CCN(CCOc2ccccc2)CC1)N1CCN(c2ccc(O)cc2)CC1. The smallest absolute Gasteiger partial charge is 0.236 e. The Morgan fingerprint density at radius 3 is 2.13 bits per heavy atom. The molecule has 2 saturated heterocycles. The minimum atomic E-state index is 0.228. The number of hydrogen-bond donors (Lipinski definition) is 1. The third-order valence-electron chi connectivity index (χ3n) is 6.09.